The second-order valence-electron chi connectivity index (χ2n) is 9.19. The van der Waals surface area contributed by atoms with Gasteiger partial charge in [-0.15, -0.1) is 0 Å². The Morgan fingerprint density at radius 1 is 1.05 bits per heavy atom. The molecule has 0 radical (unpaired) electrons. The maximum absolute atomic E-state index is 13.9. The van der Waals surface area contributed by atoms with E-state index in [9.17, 15) is 18.0 Å². The molecule has 3 aromatic carbocycles. The van der Waals surface area contributed by atoms with E-state index < -0.39 is 27.8 Å². The summed E-state index contributed by atoms with van der Waals surface area (Å²) in [5.41, 5.74) is 2.57. The maximum Gasteiger partial charge on any atom is 0.337 e. The molecule has 1 unspecified atom stereocenters. The van der Waals surface area contributed by atoms with Crippen LogP contribution in [-0.2, 0) is 26.1 Å². The minimum absolute atomic E-state index is 0.0430. The monoisotopic (exact) mass is 534 g/mol. The van der Waals surface area contributed by atoms with Gasteiger partial charge in [0.1, 0.15) is 0 Å². The molecule has 3 aromatic rings. The van der Waals surface area contributed by atoms with Crippen molar-refractivity contribution in [2.24, 2.45) is 10.9 Å². The Morgan fingerprint density at radius 3 is 2.61 bits per heavy atom. The summed E-state index contributed by atoms with van der Waals surface area (Å²) in [5.74, 6) is -0.772. The predicted molar refractivity (Wildman–Crippen MR) is 138 cm³/mol. The number of sulfonamides is 1. The van der Waals surface area contributed by atoms with Crippen molar-refractivity contribution in [3.05, 3.63) is 87.4 Å². The van der Waals surface area contributed by atoms with Gasteiger partial charge in [-0.1, -0.05) is 30.3 Å². The van der Waals surface area contributed by atoms with Crippen molar-refractivity contribution < 1.29 is 32.2 Å². The average Bonchev–Trinajstić information content (AvgIpc) is 3.39. The summed E-state index contributed by atoms with van der Waals surface area (Å²) in [6.07, 6.45) is 1.79. The van der Waals surface area contributed by atoms with Crippen molar-refractivity contribution in [3.63, 3.8) is 0 Å². The zero-order chi connectivity index (χ0) is 27.0. The Morgan fingerprint density at radius 2 is 1.82 bits per heavy atom. The van der Waals surface area contributed by atoms with Crippen LogP contribution in [0.1, 0.15) is 27.0 Å². The number of amides is 1. The van der Waals surface area contributed by atoms with E-state index in [1.807, 2.05) is 26.0 Å². The summed E-state index contributed by atoms with van der Waals surface area (Å²) < 4.78 is 44.7. The number of hydrogen-bond donors (Lipinski definition) is 0. The molecule has 0 fully saturated rings. The van der Waals surface area contributed by atoms with Gasteiger partial charge in [-0.05, 0) is 60.9 Å². The molecule has 2 heterocycles. The third-order valence-electron chi connectivity index (χ3n) is 6.63. The lowest BCUT2D eigenvalue weighted by Crippen LogP contribution is -2.42. The van der Waals surface area contributed by atoms with Crippen LogP contribution in [0.15, 0.2) is 64.5 Å². The summed E-state index contributed by atoms with van der Waals surface area (Å²) in [6, 6.07) is 14.7. The quantitative estimate of drug-likeness (QED) is 0.428. The lowest BCUT2D eigenvalue weighted by atomic mass is 9.99. The fraction of sp³-hybridized carbons (Fsp3) is 0.250. The maximum atomic E-state index is 13.9. The van der Waals surface area contributed by atoms with Crippen LogP contribution in [0.25, 0.3) is 6.08 Å². The highest BCUT2D eigenvalue weighted by Crippen LogP contribution is 2.33. The van der Waals surface area contributed by atoms with Crippen LogP contribution >= 0.6 is 0 Å². The summed E-state index contributed by atoms with van der Waals surface area (Å²) in [7, 11) is -2.93. The molecule has 9 nitrogen and oxygen atoms in total. The number of carbonyl (C=O) groups excluding carboxylic acids is 2. The molecule has 38 heavy (non-hydrogen) atoms. The van der Waals surface area contributed by atoms with Gasteiger partial charge in [0.05, 0.1) is 28.8 Å². The minimum atomic E-state index is -4.16. The molecule has 2 aliphatic rings. The first kappa shape index (κ1) is 25.6. The molecule has 1 atom stereocenters. The van der Waals surface area contributed by atoms with E-state index >= 15 is 0 Å². The molecule has 2 aliphatic heterocycles. The Balaban J connectivity index is 1.56. The van der Waals surface area contributed by atoms with Gasteiger partial charge in [0.2, 0.25) is 16.8 Å². The van der Waals surface area contributed by atoms with Gasteiger partial charge in [-0.25, -0.2) is 18.2 Å². The number of esters is 1. The Labute approximate surface area is 220 Å². The van der Waals surface area contributed by atoms with Crippen molar-refractivity contribution in [3.8, 4) is 11.5 Å². The summed E-state index contributed by atoms with van der Waals surface area (Å²) >= 11 is 0. The first-order valence-corrected chi connectivity index (χ1v) is 13.4. The van der Waals surface area contributed by atoms with E-state index in [0.717, 1.165) is 16.3 Å². The Hall–Kier alpha value is -4.02. The summed E-state index contributed by atoms with van der Waals surface area (Å²) in [5, 5.41) is 1.44. The molecule has 0 saturated carbocycles. The second-order valence-corrected chi connectivity index (χ2v) is 11.1. The normalized spacial score (nSPS) is 16.0. The van der Waals surface area contributed by atoms with E-state index in [1.54, 1.807) is 24.3 Å². The third-order valence-corrected chi connectivity index (χ3v) is 8.44. The van der Waals surface area contributed by atoms with Gasteiger partial charge >= 0.3 is 5.97 Å². The topological polar surface area (TPSA) is 112 Å². The molecule has 0 spiro atoms. The van der Waals surface area contributed by atoms with Crippen LogP contribution in [0, 0.1) is 19.8 Å². The molecular formula is C28H26N2O7S. The summed E-state index contributed by atoms with van der Waals surface area (Å²) in [6.45, 7) is 3.71. The molecule has 0 aromatic heterocycles. The van der Waals surface area contributed by atoms with Gasteiger partial charge in [0.15, 0.2) is 11.5 Å². The minimum Gasteiger partial charge on any atom is -0.465 e. The number of methoxy groups -OCH3 is 1. The van der Waals surface area contributed by atoms with E-state index in [2.05, 4.69) is 4.99 Å². The number of fused-ring (bicyclic) bond motifs is 2. The number of carbonyl (C=O) groups is 2. The van der Waals surface area contributed by atoms with Crippen molar-refractivity contribution in [1.82, 2.24) is 4.31 Å². The van der Waals surface area contributed by atoms with Crippen LogP contribution in [-0.4, -0.2) is 45.0 Å². The molecule has 10 heteroatoms. The number of ether oxygens (including phenoxy) is 3. The molecule has 0 bridgehead atoms. The third kappa shape index (κ3) is 4.80. The lowest BCUT2D eigenvalue weighted by Gasteiger charge is -2.26. The van der Waals surface area contributed by atoms with Gasteiger partial charge in [-0.2, -0.15) is 4.31 Å². The zero-order valence-electron chi connectivity index (χ0n) is 21.1. The van der Waals surface area contributed by atoms with E-state index in [-0.39, 0.29) is 30.3 Å². The van der Waals surface area contributed by atoms with Crippen LogP contribution in [0.3, 0.4) is 0 Å². The number of aryl methyl sites for hydroxylation is 2. The van der Waals surface area contributed by atoms with Gasteiger partial charge in [-0.3, -0.25) is 4.79 Å². The fourth-order valence-electron chi connectivity index (χ4n) is 4.53. The number of benzene rings is 3. The molecular weight excluding hydrogens is 508 g/mol. The van der Waals surface area contributed by atoms with E-state index in [1.165, 1.54) is 35.7 Å². The first-order valence-electron chi connectivity index (χ1n) is 11.9. The lowest BCUT2D eigenvalue weighted by molar-refractivity contribution is -0.120. The van der Waals surface area contributed by atoms with Crippen LogP contribution < -0.4 is 20.0 Å². The van der Waals surface area contributed by atoms with Gasteiger partial charge in [0.25, 0.3) is 5.91 Å². The highest BCUT2D eigenvalue weighted by molar-refractivity contribution is 7.89. The first-order chi connectivity index (χ1) is 18.2. The molecule has 5 rings (SSSR count). The molecule has 0 N–H and O–H groups in total. The molecule has 1 amide bonds. The van der Waals surface area contributed by atoms with Crippen molar-refractivity contribution in [2.45, 2.75) is 25.3 Å². The number of nitrogens with zero attached hydrogens (tertiary/aromatic N) is 2. The standard InChI is InChI=1S/C28H26N2O7S/c1-17-7-8-18(2)26-23(17)13-21(27(31)29-26)15-30(14-19-9-10-24-25(11-19)37-16-36-24)38(33,34)22-6-4-5-20(12-22)28(32)35-3/h4-13,21H,14-16H2,1-3H3. The molecule has 0 aliphatic carbocycles. The largest absolute Gasteiger partial charge is 0.465 e. The van der Waals surface area contributed by atoms with E-state index in [4.69, 9.17) is 14.2 Å². The summed E-state index contributed by atoms with van der Waals surface area (Å²) in [4.78, 5) is 29.4. The average molecular weight is 535 g/mol. The highest BCUT2D eigenvalue weighted by atomic mass is 32.2. The smallest absolute Gasteiger partial charge is 0.337 e. The Bertz CT molecular complexity index is 1680. The van der Waals surface area contributed by atoms with Crippen LogP contribution in [0.4, 0.5) is 0 Å². The predicted octanol–water partition coefficient (Wildman–Crippen LogP) is 2.27. The van der Waals surface area contributed by atoms with Crippen molar-refractivity contribution in [2.75, 3.05) is 20.4 Å². The number of rotatable bonds is 7. The molecule has 0 saturated heterocycles. The van der Waals surface area contributed by atoms with E-state index in [0.29, 0.717) is 22.4 Å². The van der Waals surface area contributed by atoms with Crippen molar-refractivity contribution in [1.29, 1.82) is 0 Å². The Kier molecular flexibility index (Phi) is 6.77. The fourth-order valence-corrected chi connectivity index (χ4v) is 6.03. The van der Waals surface area contributed by atoms with Crippen LogP contribution in [0.2, 0.25) is 0 Å². The van der Waals surface area contributed by atoms with Gasteiger partial charge in [0, 0.05) is 18.3 Å². The zero-order valence-corrected chi connectivity index (χ0v) is 21.9. The van der Waals surface area contributed by atoms with Gasteiger partial charge < -0.3 is 14.2 Å². The number of hydrogen-bond acceptors (Lipinski definition) is 7. The van der Waals surface area contributed by atoms with Crippen LogP contribution in [0.5, 0.6) is 11.5 Å². The van der Waals surface area contributed by atoms with Crippen molar-refractivity contribution >= 4 is 28.0 Å². The molecule has 196 valence electrons. The highest BCUT2D eigenvalue weighted by Gasteiger charge is 2.31. The second kappa shape index (κ2) is 10.0. The SMILES string of the molecule is COC(=O)c1cccc(S(=O)(=O)N(Cc2ccc3c(c2)OCO3)CC2C=c3c(C)ccc(C)c3=NC2=O)c1.